The summed E-state index contributed by atoms with van der Waals surface area (Å²) in [6, 6.07) is 3.84. The lowest BCUT2D eigenvalue weighted by Gasteiger charge is -2.08. The van der Waals surface area contributed by atoms with Gasteiger partial charge in [-0.2, -0.15) is 4.98 Å². The van der Waals surface area contributed by atoms with Crippen LogP contribution in [-0.4, -0.2) is 16.5 Å². The monoisotopic (exact) mass is 266 g/mol. The molecule has 0 unspecified atom stereocenters. The average Bonchev–Trinajstić information content (AvgIpc) is 2.76. The van der Waals surface area contributed by atoms with Gasteiger partial charge in [-0.25, -0.2) is 4.98 Å². The van der Waals surface area contributed by atoms with Gasteiger partial charge in [0, 0.05) is 6.54 Å². The van der Waals surface area contributed by atoms with E-state index in [0.29, 0.717) is 23.3 Å². The number of furan rings is 1. The van der Waals surface area contributed by atoms with Crippen molar-refractivity contribution >= 4 is 23.4 Å². The number of aromatic nitrogens is 2. The van der Waals surface area contributed by atoms with Crippen molar-refractivity contribution < 1.29 is 4.42 Å². The van der Waals surface area contributed by atoms with E-state index < -0.39 is 0 Å². The summed E-state index contributed by atoms with van der Waals surface area (Å²) in [4.78, 5) is 8.35. The molecular weight excluding hydrogens is 252 g/mol. The molecule has 18 heavy (non-hydrogen) atoms. The normalized spacial score (nSPS) is 10.4. The van der Waals surface area contributed by atoms with Crippen LogP contribution in [0.15, 0.2) is 22.7 Å². The van der Waals surface area contributed by atoms with Crippen LogP contribution in [0.5, 0.6) is 0 Å². The van der Waals surface area contributed by atoms with Crippen LogP contribution in [0.2, 0.25) is 5.02 Å². The number of hydrogen-bond donors (Lipinski definition) is 2. The lowest BCUT2D eigenvalue weighted by molar-refractivity contribution is 0.490. The molecule has 2 N–H and O–H groups in total. The number of halogens is 1. The van der Waals surface area contributed by atoms with Crippen LogP contribution >= 0.6 is 11.6 Å². The molecule has 0 saturated heterocycles. The van der Waals surface area contributed by atoms with Crippen molar-refractivity contribution in [2.75, 3.05) is 17.2 Å². The van der Waals surface area contributed by atoms with E-state index in [0.717, 1.165) is 18.1 Å². The Balaban J connectivity index is 2.05. The van der Waals surface area contributed by atoms with Crippen molar-refractivity contribution in [2.24, 2.45) is 0 Å². The maximum absolute atomic E-state index is 6.02. The van der Waals surface area contributed by atoms with Crippen LogP contribution in [0.4, 0.5) is 11.8 Å². The molecule has 5 nitrogen and oxygen atoms in total. The zero-order chi connectivity index (χ0) is 13.0. The van der Waals surface area contributed by atoms with Gasteiger partial charge >= 0.3 is 0 Å². The topological polar surface area (TPSA) is 63.0 Å². The van der Waals surface area contributed by atoms with Crippen molar-refractivity contribution in [2.45, 2.75) is 20.4 Å². The van der Waals surface area contributed by atoms with Crippen LogP contribution < -0.4 is 10.6 Å². The molecule has 0 aliphatic rings. The number of nitrogens with one attached hydrogen (secondary N) is 2. The van der Waals surface area contributed by atoms with E-state index in [-0.39, 0.29) is 0 Å². The summed E-state index contributed by atoms with van der Waals surface area (Å²) in [5, 5.41) is 6.64. The minimum atomic E-state index is 0.486. The number of hydrogen-bond acceptors (Lipinski definition) is 5. The van der Waals surface area contributed by atoms with Gasteiger partial charge in [-0.15, -0.1) is 0 Å². The summed E-state index contributed by atoms with van der Waals surface area (Å²) in [7, 11) is 0. The first-order chi connectivity index (χ1) is 8.69. The molecular formula is C12H15ClN4O. The molecule has 0 aliphatic carbocycles. The molecule has 0 spiro atoms. The molecule has 2 aromatic heterocycles. The van der Waals surface area contributed by atoms with E-state index in [9.17, 15) is 0 Å². The van der Waals surface area contributed by atoms with Crippen LogP contribution in [0.3, 0.4) is 0 Å². The third-order valence-corrected chi connectivity index (χ3v) is 2.58. The van der Waals surface area contributed by atoms with Gasteiger partial charge in [0.15, 0.2) is 5.82 Å². The minimum absolute atomic E-state index is 0.486. The van der Waals surface area contributed by atoms with E-state index in [1.807, 2.05) is 26.0 Å². The zero-order valence-electron chi connectivity index (χ0n) is 10.3. The molecule has 0 fully saturated rings. The predicted octanol–water partition coefficient (Wildman–Crippen LogP) is 3.08. The molecule has 0 bridgehead atoms. The summed E-state index contributed by atoms with van der Waals surface area (Å²) >= 11 is 6.02. The summed E-state index contributed by atoms with van der Waals surface area (Å²) in [5.74, 6) is 2.87. The fraction of sp³-hybridized carbons (Fsp3) is 0.333. The molecule has 2 heterocycles. The predicted molar refractivity (Wildman–Crippen MR) is 72.0 cm³/mol. The third kappa shape index (κ3) is 3.13. The van der Waals surface area contributed by atoms with Crippen molar-refractivity contribution in [1.29, 1.82) is 0 Å². The Bertz CT molecular complexity index is 527. The van der Waals surface area contributed by atoms with Crippen LogP contribution in [0.25, 0.3) is 0 Å². The van der Waals surface area contributed by atoms with Crippen molar-refractivity contribution in [3.63, 3.8) is 0 Å². The molecule has 0 amide bonds. The maximum atomic E-state index is 6.02. The second kappa shape index (κ2) is 5.73. The molecule has 0 radical (unpaired) electrons. The Morgan fingerprint density at radius 1 is 1.33 bits per heavy atom. The molecule has 0 atom stereocenters. The lowest BCUT2D eigenvalue weighted by Crippen LogP contribution is -2.06. The molecule has 2 rings (SSSR count). The van der Waals surface area contributed by atoms with E-state index in [2.05, 4.69) is 20.6 Å². The summed E-state index contributed by atoms with van der Waals surface area (Å²) in [6.07, 6.45) is 1.57. The molecule has 0 aromatic carbocycles. The molecule has 96 valence electrons. The maximum Gasteiger partial charge on any atom is 0.224 e. The summed E-state index contributed by atoms with van der Waals surface area (Å²) in [6.45, 7) is 5.19. The smallest absolute Gasteiger partial charge is 0.224 e. The fourth-order valence-corrected chi connectivity index (χ4v) is 1.64. The molecule has 0 aliphatic heterocycles. The van der Waals surface area contributed by atoms with E-state index in [1.165, 1.54) is 0 Å². The first-order valence-corrected chi connectivity index (χ1v) is 6.12. The second-order valence-corrected chi connectivity index (χ2v) is 4.19. The Kier molecular flexibility index (Phi) is 4.04. The first-order valence-electron chi connectivity index (χ1n) is 5.74. The van der Waals surface area contributed by atoms with E-state index in [4.69, 9.17) is 16.0 Å². The second-order valence-electron chi connectivity index (χ2n) is 3.79. The highest BCUT2D eigenvalue weighted by Crippen LogP contribution is 2.20. The van der Waals surface area contributed by atoms with Crippen molar-refractivity contribution in [1.82, 2.24) is 9.97 Å². The lowest BCUT2D eigenvalue weighted by atomic mass is 10.4. The molecule has 0 saturated carbocycles. The fourth-order valence-electron chi connectivity index (χ4n) is 1.49. The van der Waals surface area contributed by atoms with Crippen molar-refractivity contribution in [3.8, 4) is 0 Å². The van der Waals surface area contributed by atoms with Gasteiger partial charge in [-0.05, 0) is 26.0 Å². The van der Waals surface area contributed by atoms with Crippen LogP contribution in [0, 0.1) is 6.92 Å². The first kappa shape index (κ1) is 12.7. The zero-order valence-corrected chi connectivity index (χ0v) is 11.1. The highest BCUT2D eigenvalue weighted by molar-refractivity contribution is 6.32. The van der Waals surface area contributed by atoms with Crippen LogP contribution in [0.1, 0.15) is 18.4 Å². The number of anilines is 2. The van der Waals surface area contributed by atoms with Gasteiger partial charge in [0.25, 0.3) is 0 Å². The van der Waals surface area contributed by atoms with Gasteiger partial charge in [-0.1, -0.05) is 11.6 Å². The SMILES string of the molecule is CCNc1ncc(Cl)c(NCc2ccc(C)o2)n1. The number of aryl methyl sites for hydroxylation is 1. The Labute approximate surface area is 111 Å². The quantitative estimate of drug-likeness (QED) is 0.871. The van der Waals surface area contributed by atoms with Gasteiger partial charge < -0.3 is 15.1 Å². The highest BCUT2D eigenvalue weighted by Gasteiger charge is 2.06. The summed E-state index contributed by atoms with van der Waals surface area (Å²) < 4.78 is 5.46. The van der Waals surface area contributed by atoms with Gasteiger partial charge in [0.1, 0.15) is 16.5 Å². The number of rotatable bonds is 5. The molecule has 2 aromatic rings. The highest BCUT2D eigenvalue weighted by atomic mass is 35.5. The van der Waals surface area contributed by atoms with Gasteiger partial charge in [0.05, 0.1) is 12.7 Å². The van der Waals surface area contributed by atoms with Crippen molar-refractivity contribution in [3.05, 3.63) is 34.9 Å². The Morgan fingerprint density at radius 2 is 2.17 bits per heavy atom. The van der Waals surface area contributed by atoms with E-state index in [1.54, 1.807) is 6.20 Å². The minimum Gasteiger partial charge on any atom is -0.465 e. The van der Waals surface area contributed by atoms with Gasteiger partial charge in [0.2, 0.25) is 5.95 Å². The van der Waals surface area contributed by atoms with E-state index >= 15 is 0 Å². The molecule has 6 heteroatoms. The third-order valence-electron chi connectivity index (χ3n) is 2.31. The van der Waals surface area contributed by atoms with Gasteiger partial charge in [-0.3, -0.25) is 0 Å². The Hall–Kier alpha value is -1.75. The number of nitrogens with zero attached hydrogens (tertiary/aromatic N) is 2. The summed E-state index contributed by atoms with van der Waals surface area (Å²) in [5.41, 5.74) is 0. The van der Waals surface area contributed by atoms with Crippen LogP contribution in [-0.2, 0) is 6.54 Å². The standard InChI is InChI=1S/C12H15ClN4O/c1-3-14-12-16-7-10(13)11(17-12)15-6-9-5-4-8(2)18-9/h4-5,7H,3,6H2,1-2H3,(H2,14,15,16,17). The largest absolute Gasteiger partial charge is 0.465 e. The average molecular weight is 267 g/mol. The Morgan fingerprint density at radius 3 is 2.83 bits per heavy atom.